The summed E-state index contributed by atoms with van der Waals surface area (Å²) >= 11 is 0. The molecule has 1 unspecified atom stereocenters. The maximum absolute atomic E-state index is 14.4. The number of nitrogens with one attached hydrogen (secondary N) is 4. The molecule has 3 saturated heterocycles. The average molecular weight is 889 g/mol. The fraction of sp³-hybridized carbons (Fsp3) is 0.510. The lowest BCUT2D eigenvalue weighted by molar-refractivity contribution is -0.139. The number of alkyl carbamates (subject to hydrolysis) is 2. The van der Waals surface area contributed by atoms with Crippen LogP contribution in [0.15, 0.2) is 48.7 Å². The minimum absolute atomic E-state index is 0.0333. The molecule has 344 valence electrons. The Morgan fingerprint density at radius 1 is 0.846 bits per heavy atom. The maximum Gasteiger partial charge on any atom is 0.407 e. The predicted octanol–water partition coefficient (Wildman–Crippen LogP) is 8.08. The van der Waals surface area contributed by atoms with Gasteiger partial charge in [-0.25, -0.2) is 19.6 Å². The van der Waals surface area contributed by atoms with Crippen molar-refractivity contribution in [2.75, 3.05) is 27.4 Å². The Morgan fingerprint density at radius 2 is 1.60 bits per heavy atom. The van der Waals surface area contributed by atoms with E-state index < -0.39 is 24.3 Å². The van der Waals surface area contributed by atoms with E-state index in [0.717, 1.165) is 106 Å². The van der Waals surface area contributed by atoms with Crippen LogP contribution < -0.4 is 15.4 Å². The molecule has 3 aromatic carbocycles. The number of aromatic nitrogens is 4. The van der Waals surface area contributed by atoms with E-state index in [1.807, 2.05) is 35.9 Å². The number of amides is 4. The number of hydrogen-bond acceptors (Lipinski definition) is 10. The SMILES string of the molecule is CCC1CC[C@@H](c2ncc(-c3ccc4c(c3)COc3cc5c(ccc6[nH]c([C@@H]7CC[C@H](C)N7C(=O)[C@@H](NC(=O)OC)C7CCOCC7)nc65)cc3-4)[nH]2)N1C(=O)[C@@H](NC(=O)OC)[C@@H](C)CC. The first-order valence-electron chi connectivity index (χ1n) is 23.2. The molecule has 0 bridgehead atoms. The minimum Gasteiger partial charge on any atom is -0.488 e. The number of rotatable bonds is 11. The summed E-state index contributed by atoms with van der Waals surface area (Å²) in [5, 5.41) is 7.62. The lowest BCUT2D eigenvalue weighted by Gasteiger charge is -2.36. The molecule has 6 heterocycles. The largest absolute Gasteiger partial charge is 0.488 e. The number of benzene rings is 3. The summed E-state index contributed by atoms with van der Waals surface area (Å²) in [6.45, 7) is 9.59. The lowest BCUT2D eigenvalue weighted by atomic mass is 9.90. The second kappa shape index (κ2) is 18.4. The van der Waals surface area contributed by atoms with Crippen LogP contribution in [0, 0.1) is 11.8 Å². The number of likely N-dealkylation sites (tertiary alicyclic amines) is 2. The van der Waals surface area contributed by atoms with Gasteiger partial charge in [-0.1, -0.05) is 45.4 Å². The number of imidazole rings is 2. The van der Waals surface area contributed by atoms with Gasteiger partial charge in [-0.15, -0.1) is 0 Å². The molecule has 9 rings (SSSR count). The molecule has 16 nitrogen and oxygen atoms in total. The number of fused-ring (bicyclic) bond motifs is 6. The van der Waals surface area contributed by atoms with Crippen molar-refractivity contribution in [3.05, 3.63) is 65.9 Å². The van der Waals surface area contributed by atoms with Crippen molar-refractivity contribution in [1.29, 1.82) is 0 Å². The predicted molar refractivity (Wildman–Crippen MR) is 244 cm³/mol. The first-order valence-corrected chi connectivity index (χ1v) is 23.2. The van der Waals surface area contributed by atoms with Crippen LogP contribution in [0.5, 0.6) is 5.75 Å². The van der Waals surface area contributed by atoms with E-state index in [1.54, 1.807) is 0 Å². The Balaban J connectivity index is 0.966. The Labute approximate surface area is 378 Å². The number of ether oxygens (including phenoxy) is 4. The summed E-state index contributed by atoms with van der Waals surface area (Å²) in [7, 11) is 2.62. The van der Waals surface area contributed by atoms with E-state index >= 15 is 0 Å². The van der Waals surface area contributed by atoms with Gasteiger partial charge in [0.15, 0.2) is 0 Å². The van der Waals surface area contributed by atoms with Gasteiger partial charge in [-0.05, 0) is 110 Å². The van der Waals surface area contributed by atoms with Crippen LogP contribution in [0.25, 0.3) is 44.2 Å². The zero-order valence-corrected chi connectivity index (χ0v) is 38.1. The van der Waals surface area contributed by atoms with Gasteiger partial charge in [0.1, 0.15) is 36.1 Å². The van der Waals surface area contributed by atoms with Crippen LogP contribution in [0.4, 0.5) is 9.59 Å². The van der Waals surface area contributed by atoms with E-state index in [2.05, 4.69) is 70.8 Å². The Morgan fingerprint density at radius 3 is 2.35 bits per heavy atom. The van der Waals surface area contributed by atoms with Crippen LogP contribution in [-0.4, -0.2) is 105 Å². The molecule has 65 heavy (non-hydrogen) atoms. The van der Waals surface area contributed by atoms with Crippen molar-refractivity contribution in [3.63, 3.8) is 0 Å². The highest BCUT2D eigenvalue weighted by molar-refractivity contribution is 6.07. The Hall–Kier alpha value is -6.16. The molecule has 7 atom stereocenters. The second-order valence-electron chi connectivity index (χ2n) is 18.1. The quantitative estimate of drug-likeness (QED) is 0.101. The molecule has 4 aliphatic rings. The molecule has 0 spiro atoms. The normalized spacial score (nSPS) is 22.2. The lowest BCUT2D eigenvalue weighted by Crippen LogP contribution is -2.54. The molecule has 4 aliphatic heterocycles. The zero-order chi connectivity index (χ0) is 45.5. The number of carbonyl (C=O) groups excluding carboxylic acids is 4. The van der Waals surface area contributed by atoms with Gasteiger partial charge in [-0.3, -0.25) is 9.59 Å². The van der Waals surface area contributed by atoms with Gasteiger partial charge in [0.2, 0.25) is 11.8 Å². The van der Waals surface area contributed by atoms with Crippen LogP contribution in [0.3, 0.4) is 0 Å². The fourth-order valence-corrected chi connectivity index (χ4v) is 10.6. The van der Waals surface area contributed by atoms with Gasteiger partial charge in [-0.2, -0.15) is 0 Å². The molecule has 4 amide bonds. The van der Waals surface area contributed by atoms with E-state index in [0.29, 0.717) is 32.7 Å². The highest BCUT2D eigenvalue weighted by Gasteiger charge is 2.44. The van der Waals surface area contributed by atoms with Crippen LogP contribution >= 0.6 is 0 Å². The first kappa shape index (κ1) is 44.1. The molecule has 2 aromatic heterocycles. The molecular weight excluding hydrogens is 829 g/mol. The number of methoxy groups -OCH3 is 2. The number of aromatic amines is 2. The molecule has 0 saturated carbocycles. The van der Waals surface area contributed by atoms with Crippen LogP contribution in [-0.2, 0) is 30.4 Å². The minimum atomic E-state index is -0.723. The summed E-state index contributed by atoms with van der Waals surface area (Å²) in [6.07, 6.45) is 6.64. The standard InChI is InChI=1S/C49H60N8O8/c1-7-26(3)41(54-48(60)62-5)46(58)57-32(8-2)12-16-38(57)44-50-24-37(52-44)30-10-13-33-31(21-30)25-65-40-23-34-29(22-35(33)40)11-14-36-43(34)53-45(51-36)39-15-9-27(4)56(39)47(59)42(55-49(61)63-6)28-17-19-64-20-18-28/h10-11,13-14,21-24,26-28,32,38-39,41-42H,7-9,12,15-20,25H2,1-6H3,(H,50,52)(H,51,53)(H,54,60)(H,55,61)/t26-,27-,32?,38-,39-,41-,42-/m0/s1. The smallest absolute Gasteiger partial charge is 0.407 e. The molecular formula is C49H60N8O8. The molecule has 4 N–H and O–H groups in total. The van der Waals surface area contributed by atoms with Crippen LogP contribution in [0.1, 0.15) is 108 Å². The number of hydrogen-bond donors (Lipinski definition) is 4. The van der Waals surface area contributed by atoms with Crippen molar-refractivity contribution in [3.8, 4) is 28.1 Å². The summed E-state index contributed by atoms with van der Waals surface area (Å²) in [4.78, 5) is 74.3. The van der Waals surface area contributed by atoms with Gasteiger partial charge < -0.3 is 49.3 Å². The summed E-state index contributed by atoms with van der Waals surface area (Å²) in [6, 6.07) is 12.8. The maximum atomic E-state index is 14.4. The molecule has 16 heteroatoms. The van der Waals surface area contributed by atoms with Gasteiger partial charge in [0, 0.05) is 36.2 Å². The number of nitrogens with zero attached hydrogens (tertiary/aromatic N) is 4. The van der Waals surface area contributed by atoms with Gasteiger partial charge in [0.05, 0.1) is 49.2 Å². The molecule has 0 radical (unpaired) electrons. The van der Waals surface area contributed by atoms with Gasteiger partial charge in [0.25, 0.3) is 0 Å². The Kier molecular flexibility index (Phi) is 12.5. The number of H-pyrrole nitrogens is 2. The highest BCUT2D eigenvalue weighted by atomic mass is 16.5. The monoisotopic (exact) mass is 888 g/mol. The van der Waals surface area contributed by atoms with E-state index in [9.17, 15) is 19.2 Å². The van der Waals surface area contributed by atoms with E-state index in [4.69, 9.17) is 28.9 Å². The summed E-state index contributed by atoms with van der Waals surface area (Å²) < 4.78 is 21.9. The van der Waals surface area contributed by atoms with Crippen molar-refractivity contribution < 1.29 is 38.1 Å². The first-order chi connectivity index (χ1) is 31.5. The number of carbonyl (C=O) groups is 4. The molecule has 0 aliphatic carbocycles. The van der Waals surface area contributed by atoms with Crippen LogP contribution in [0.2, 0.25) is 0 Å². The molecule has 3 fully saturated rings. The topological polar surface area (TPSA) is 193 Å². The summed E-state index contributed by atoms with van der Waals surface area (Å²) in [5.41, 5.74) is 6.61. The van der Waals surface area contributed by atoms with Crippen molar-refractivity contribution in [2.45, 2.75) is 122 Å². The van der Waals surface area contributed by atoms with E-state index in [1.165, 1.54) is 14.2 Å². The highest BCUT2D eigenvalue weighted by Crippen LogP contribution is 2.44. The third kappa shape index (κ3) is 8.25. The van der Waals surface area contributed by atoms with Crippen molar-refractivity contribution in [1.82, 2.24) is 40.4 Å². The van der Waals surface area contributed by atoms with Crippen molar-refractivity contribution in [2.24, 2.45) is 11.8 Å². The fourth-order valence-electron chi connectivity index (χ4n) is 10.6. The summed E-state index contributed by atoms with van der Waals surface area (Å²) in [5.74, 6) is 1.83. The van der Waals surface area contributed by atoms with Crippen molar-refractivity contribution >= 4 is 45.8 Å². The zero-order valence-electron chi connectivity index (χ0n) is 38.1. The second-order valence-corrected chi connectivity index (χ2v) is 18.1. The van der Waals surface area contributed by atoms with E-state index in [-0.39, 0.29) is 47.8 Å². The van der Waals surface area contributed by atoms with Gasteiger partial charge >= 0.3 is 12.2 Å². The Bertz CT molecular complexity index is 2600. The third-order valence-electron chi connectivity index (χ3n) is 14.5. The average Bonchev–Trinajstić information content (AvgIpc) is 4.17. The molecule has 5 aromatic rings. The third-order valence-corrected chi connectivity index (χ3v) is 14.5.